The monoisotopic (exact) mass is 241 g/mol. The van der Waals surface area contributed by atoms with Crippen LogP contribution in [-0.2, 0) is 14.3 Å². The molecule has 1 saturated heterocycles. The van der Waals surface area contributed by atoms with Gasteiger partial charge >= 0.3 is 5.97 Å². The van der Waals surface area contributed by atoms with Crippen molar-refractivity contribution in [1.82, 2.24) is 4.90 Å². The Morgan fingerprint density at radius 1 is 1.41 bits per heavy atom. The van der Waals surface area contributed by atoms with Gasteiger partial charge in [-0.25, -0.2) is 0 Å². The van der Waals surface area contributed by atoms with Crippen LogP contribution < -0.4 is 0 Å². The first-order valence-corrected chi connectivity index (χ1v) is 6.22. The minimum atomic E-state index is -0.839. The molecular weight excluding hydrogens is 222 g/mol. The lowest BCUT2D eigenvalue weighted by atomic mass is 10.1. The summed E-state index contributed by atoms with van der Waals surface area (Å²) in [6.45, 7) is 4.84. The number of amides is 1. The minimum Gasteiger partial charge on any atom is -0.481 e. The molecule has 1 aliphatic carbocycles. The molecule has 1 N–H and O–H groups in total. The van der Waals surface area contributed by atoms with Gasteiger partial charge in [-0.05, 0) is 19.8 Å². The fourth-order valence-electron chi connectivity index (χ4n) is 2.43. The standard InChI is InChI=1S/C12H19NO4/c1-2-17-7-8-3-4-13(6-8)11(14)9-5-10(9)12(15)16/h8-10H,2-7H2,1H3,(H,15,16)/t8-,9+,10+/m1/s1. The number of carbonyl (C=O) groups is 2. The van der Waals surface area contributed by atoms with Crippen molar-refractivity contribution in [2.45, 2.75) is 19.8 Å². The van der Waals surface area contributed by atoms with Gasteiger partial charge in [0.15, 0.2) is 0 Å². The van der Waals surface area contributed by atoms with Gasteiger partial charge in [0.1, 0.15) is 0 Å². The topological polar surface area (TPSA) is 66.8 Å². The Morgan fingerprint density at radius 2 is 2.18 bits per heavy atom. The summed E-state index contributed by atoms with van der Waals surface area (Å²) in [6, 6.07) is 0. The molecule has 2 fully saturated rings. The van der Waals surface area contributed by atoms with Crippen molar-refractivity contribution < 1.29 is 19.4 Å². The number of nitrogens with zero attached hydrogens (tertiary/aromatic N) is 1. The summed E-state index contributed by atoms with van der Waals surface area (Å²) in [5.74, 6) is -1.10. The molecule has 0 unspecified atom stereocenters. The minimum absolute atomic E-state index is 0.0244. The number of aliphatic carboxylic acids is 1. The first kappa shape index (κ1) is 12.4. The van der Waals surface area contributed by atoms with E-state index in [1.165, 1.54) is 0 Å². The third-order valence-electron chi connectivity index (χ3n) is 3.58. The van der Waals surface area contributed by atoms with Crippen LogP contribution in [0.3, 0.4) is 0 Å². The summed E-state index contributed by atoms with van der Waals surface area (Å²) in [5, 5.41) is 8.79. The van der Waals surface area contributed by atoms with Crippen LogP contribution in [0.2, 0.25) is 0 Å². The lowest BCUT2D eigenvalue weighted by molar-refractivity contribution is -0.141. The lowest BCUT2D eigenvalue weighted by Gasteiger charge is -2.16. The van der Waals surface area contributed by atoms with E-state index in [0.717, 1.165) is 19.5 Å². The molecular formula is C12H19NO4. The second-order valence-corrected chi connectivity index (χ2v) is 4.89. The Balaban J connectivity index is 1.77. The predicted molar refractivity (Wildman–Crippen MR) is 60.4 cm³/mol. The van der Waals surface area contributed by atoms with Crippen LogP contribution in [0.25, 0.3) is 0 Å². The Kier molecular flexibility index (Phi) is 3.66. The second-order valence-electron chi connectivity index (χ2n) is 4.89. The van der Waals surface area contributed by atoms with E-state index in [-0.39, 0.29) is 11.8 Å². The van der Waals surface area contributed by atoms with E-state index in [4.69, 9.17) is 9.84 Å². The third kappa shape index (κ3) is 2.77. The van der Waals surface area contributed by atoms with Crippen molar-refractivity contribution in [2.24, 2.45) is 17.8 Å². The molecule has 0 aromatic heterocycles. The number of rotatable bonds is 5. The average molecular weight is 241 g/mol. The maximum atomic E-state index is 12.0. The molecule has 5 heteroatoms. The first-order valence-electron chi connectivity index (χ1n) is 6.22. The molecule has 1 heterocycles. The summed E-state index contributed by atoms with van der Waals surface area (Å²) < 4.78 is 5.35. The predicted octanol–water partition coefficient (Wildman–Crippen LogP) is 0.592. The quantitative estimate of drug-likeness (QED) is 0.765. The molecule has 1 saturated carbocycles. The van der Waals surface area contributed by atoms with Gasteiger partial charge < -0.3 is 14.7 Å². The number of carbonyl (C=O) groups excluding carboxylic acids is 1. The van der Waals surface area contributed by atoms with Crippen LogP contribution in [0.15, 0.2) is 0 Å². The molecule has 1 aliphatic heterocycles. The molecule has 3 atom stereocenters. The van der Waals surface area contributed by atoms with Crippen molar-refractivity contribution in [3.63, 3.8) is 0 Å². The fraction of sp³-hybridized carbons (Fsp3) is 0.833. The Labute approximate surface area is 101 Å². The maximum absolute atomic E-state index is 12.0. The number of carboxylic acid groups (broad SMARTS) is 1. The smallest absolute Gasteiger partial charge is 0.307 e. The summed E-state index contributed by atoms with van der Waals surface area (Å²) in [5.41, 5.74) is 0. The van der Waals surface area contributed by atoms with Crippen LogP contribution in [0, 0.1) is 17.8 Å². The Hall–Kier alpha value is -1.10. The van der Waals surface area contributed by atoms with Crippen molar-refractivity contribution >= 4 is 11.9 Å². The molecule has 17 heavy (non-hydrogen) atoms. The molecule has 96 valence electrons. The number of ether oxygens (including phenoxy) is 1. The van der Waals surface area contributed by atoms with E-state index in [9.17, 15) is 9.59 Å². The highest BCUT2D eigenvalue weighted by atomic mass is 16.5. The molecule has 0 aromatic carbocycles. The normalized spacial score (nSPS) is 31.6. The van der Waals surface area contributed by atoms with Gasteiger partial charge in [-0.15, -0.1) is 0 Å². The zero-order valence-electron chi connectivity index (χ0n) is 10.1. The number of hydrogen-bond acceptors (Lipinski definition) is 3. The van der Waals surface area contributed by atoms with E-state index in [0.29, 0.717) is 25.6 Å². The van der Waals surface area contributed by atoms with Crippen LogP contribution in [0.1, 0.15) is 19.8 Å². The summed E-state index contributed by atoms with van der Waals surface area (Å²) in [6.07, 6.45) is 1.48. The Morgan fingerprint density at radius 3 is 2.76 bits per heavy atom. The highest BCUT2D eigenvalue weighted by Gasteiger charge is 2.50. The summed E-state index contributed by atoms with van der Waals surface area (Å²) in [4.78, 5) is 24.5. The van der Waals surface area contributed by atoms with Crippen LogP contribution >= 0.6 is 0 Å². The largest absolute Gasteiger partial charge is 0.481 e. The third-order valence-corrected chi connectivity index (χ3v) is 3.58. The maximum Gasteiger partial charge on any atom is 0.307 e. The van der Waals surface area contributed by atoms with Gasteiger partial charge in [-0.1, -0.05) is 0 Å². The van der Waals surface area contributed by atoms with Crippen molar-refractivity contribution in [1.29, 1.82) is 0 Å². The van der Waals surface area contributed by atoms with Crippen LogP contribution in [0.4, 0.5) is 0 Å². The zero-order valence-corrected chi connectivity index (χ0v) is 10.1. The van der Waals surface area contributed by atoms with Gasteiger partial charge in [-0.2, -0.15) is 0 Å². The number of hydrogen-bond donors (Lipinski definition) is 1. The molecule has 0 aromatic rings. The van der Waals surface area contributed by atoms with E-state index in [2.05, 4.69) is 0 Å². The number of likely N-dealkylation sites (tertiary alicyclic amines) is 1. The van der Waals surface area contributed by atoms with Crippen molar-refractivity contribution in [3.8, 4) is 0 Å². The molecule has 2 aliphatic rings. The molecule has 0 spiro atoms. The van der Waals surface area contributed by atoms with E-state index in [1.807, 2.05) is 6.92 Å². The van der Waals surface area contributed by atoms with Gasteiger partial charge in [0, 0.05) is 25.6 Å². The van der Waals surface area contributed by atoms with Gasteiger partial charge in [0.2, 0.25) is 5.91 Å². The van der Waals surface area contributed by atoms with Crippen LogP contribution in [-0.4, -0.2) is 48.2 Å². The first-order chi connectivity index (χ1) is 8.13. The number of carboxylic acids is 1. The highest BCUT2D eigenvalue weighted by molar-refractivity contribution is 5.89. The SMILES string of the molecule is CCOC[C@@H]1CCN(C(=O)[C@H]2C[C@@H]2C(=O)O)C1. The fourth-order valence-corrected chi connectivity index (χ4v) is 2.43. The van der Waals surface area contributed by atoms with Gasteiger partial charge in [0.05, 0.1) is 18.4 Å². The summed E-state index contributed by atoms with van der Waals surface area (Å²) in [7, 11) is 0. The van der Waals surface area contributed by atoms with Crippen molar-refractivity contribution in [2.75, 3.05) is 26.3 Å². The van der Waals surface area contributed by atoms with E-state index < -0.39 is 11.9 Å². The lowest BCUT2D eigenvalue weighted by Crippen LogP contribution is -2.31. The molecule has 0 bridgehead atoms. The van der Waals surface area contributed by atoms with E-state index >= 15 is 0 Å². The zero-order chi connectivity index (χ0) is 12.4. The summed E-state index contributed by atoms with van der Waals surface area (Å²) >= 11 is 0. The van der Waals surface area contributed by atoms with Crippen molar-refractivity contribution in [3.05, 3.63) is 0 Å². The van der Waals surface area contributed by atoms with Gasteiger partial charge in [-0.3, -0.25) is 9.59 Å². The average Bonchev–Trinajstić information content (AvgIpc) is 2.98. The molecule has 0 radical (unpaired) electrons. The van der Waals surface area contributed by atoms with E-state index in [1.54, 1.807) is 4.90 Å². The van der Waals surface area contributed by atoms with Crippen LogP contribution in [0.5, 0.6) is 0 Å². The molecule has 2 rings (SSSR count). The highest BCUT2D eigenvalue weighted by Crippen LogP contribution is 2.40. The molecule has 1 amide bonds. The molecule has 5 nitrogen and oxygen atoms in total. The van der Waals surface area contributed by atoms with Gasteiger partial charge in [0.25, 0.3) is 0 Å². The Bertz CT molecular complexity index is 318. The second kappa shape index (κ2) is 5.04.